The smallest absolute Gasteiger partial charge is 0.128 e. The lowest BCUT2D eigenvalue weighted by atomic mass is 9.44. The summed E-state index contributed by atoms with van der Waals surface area (Å²) in [5.74, 6) is 4.08. The van der Waals surface area contributed by atoms with Crippen molar-refractivity contribution in [3.63, 3.8) is 0 Å². The molecule has 0 radical (unpaired) electrons. The van der Waals surface area contributed by atoms with Crippen molar-refractivity contribution in [3.05, 3.63) is 36.0 Å². The Morgan fingerprint density at radius 2 is 1.88 bits per heavy atom. The second kappa shape index (κ2) is 8.54. The van der Waals surface area contributed by atoms with Crippen LogP contribution in [0.25, 0.3) is 10.9 Å². The molecule has 2 aromatic rings. The molecule has 4 aliphatic carbocycles. The molecule has 0 aliphatic heterocycles. The van der Waals surface area contributed by atoms with Gasteiger partial charge in [0.2, 0.25) is 0 Å². The van der Waals surface area contributed by atoms with Crippen LogP contribution in [-0.2, 0) is 6.42 Å². The van der Waals surface area contributed by atoms with Gasteiger partial charge in [-0.2, -0.15) is 0 Å². The third-order valence-corrected chi connectivity index (χ3v) is 11.3. The highest BCUT2D eigenvalue weighted by Gasteiger charge is 2.61. The maximum absolute atomic E-state index is 13.4. The summed E-state index contributed by atoms with van der Waals surface area (Å²) >= 11 is 0. The topological polar surface area (TPSA) is 46.0 Å². The fraction of sp³-hybridized carbons (Fsp3) is 0.733. The van der Waals surface area contributed by atoms with Gasteiger partial charge in [0.1, 0.15) is 11.6 Å². The highest BCUT2D eigenvalue weighted by atomic mass is 19.1. The first-order valence-corrected chi connectivity index (χ1v) is 14.0. The van der Waals surface area contributed by atoms with Gasteiger partial charge in [0.25, 0.3) is 0 Å². The summed E-state index contributed by atoms with van der Waals surface area (Å²) < 4.78 is 13.4. The van der Waals surface area contributed by atoms with Gasteiger partial charge in [-0.25, -0.2) is 14.4 Å². The van der Waals surface area contributed by atoms with Gasteiger partial charge >= 0.3 is 0 Å². The lowest BCUT2D eigenvalue weighted by Gasteiger charge is -2.62. The predicted molar refractivity (Wildman–Crippen MR) is 134 cm³/mol. The molecule has 8 atom stereocenters. The number of fused-ring (bicyclic) bond motifs is 6. The van der Waals surface area contributed by atoms with E-state index in [2.05, 4.69) is 23.8 Å². The standard InChI is InChI=1S/C30H41FN2O/c1-29-14-4-3-6-21(29)17-26(34)28-23-11-9-20(30(23,2)15-13-24(28)29)7-5-8-27-32-18-19-16-22(31)10-12-25(19)33-27/h10,12,16,18,20-21,23-24,26,28,34H,3-9,11,13-15,17H2,1-2H3. The van der Waals surface area contributed by atoms with Crippen LogP contribution in [-0.4, -0.2) is 21.2 Å². The Labute approximate surface area is 204 Å². The van der Waals surface area contributed by atoms with Crippen molar-refractivity contribution >= 4 is 10.9 Å². The van der Waals surface area contributed by atoms with Gasteiger partial charge in [-0.3, -0.25) is 0 Å². The van der Waals surface area contributed by atoms with Gasteiger partial charge in [0, 0.05) is 18.0 Å². The molecule has 8 unspecified atom stereocenters. The van der Waals surface area contributed by atoms with Gasteiger partial charge in [-0.15, -0.1) is 0 Å². The van der Waals surface area contributed by atoms with Crippen molar-refractivity contribution < 1.29 is 9.50 Å². The summed E-state index contributed by atoms with van der Waals surface area (Å²) in [7, 11) is 0. The molecule has 0 bridgehead atoms. The van der Waals surface area contributed by atoms with Crippen LogP contribution < -0.4 is 0 Å². The molecule has 4 heteroatoms. The third kappa shape index (κ3) is 3.62. The van der Waals surface area contributed by atoms with E-state index in [1.54, 1.807) is 12.3 Å². The molecule has 0 spiro atoms. The van der Waals surface area contributed by atoms with Crippen LogP contribution in [0, 0.1) is 46.2 Å². The van der Waals surface area contributed by atoms with Gasteiger partial charge in [-0.1, -0.05) is 26.7 Å². The second-order valence-electron chi connectivity index (χ2n) is 12.7. The maximum Gasteiger partial charge on any atom is 0.128 e. The van der Waals surface area contributed by atoms with E-state index in [4.69, 9.17) is 0 Å². The summed E-state index contributed by atoms with van der Waals surface area (Å²) in [5.41, 5.74) is 1.68. The maximum atomic E-state index is 13.4. The molecule has 0 saturated heterocycles. The lowest BCUT2D eigenvalue weighted by molar-refractivity contribution is -0.162. The Morgan fingerprint density at radius 1 is 1.03 bits per heavy atom. The highest BCUT2D eigenvalue weighted by molar-refractivity contribution is 5.77. The molecule has 184 valence electrons. The number of aromatic nitrogens is 2. The zero-order valence-electron chi connectivity index (χ0n) is 21.0. The molecule has 4 aliphatic rings. The Balaban J connectivity index is 1.13. The van der Waals surface area contributed by atoms with Crippen LogP contribution in [0.15, 0.2) is 24.4 Å². The van der Waals surface area contributed by atoms with Crippen molar-refractivity contribution in [2.45, 2.75) is 97.0 Å². The van der Waals surface area contributed by atoms with Gasteiger partial charge in [-0.05, 0) is 116 Å². The minimum absolute atomic E-state index is 0.0830. The van der Waals surface area contributed by atoms with E-state index in [0.717, 1.165) is 53.7 Å². The zero-order valence-corrected chi connectivity index (χ0v) is 21.0. The average molecular weight is 465 g/mol. The Bertz CT molecular complexity index is 1060. The molecule has 34 heavy (non-hydrogen) atoms. The van der Waals surface area contributed by atoms with E-state index in [-0.39, 0.29) is 11.9 Å². The first-order valence-electron chi connectivity index (χ1n) is 14.0. The number of nitrogens with zero attached hydrogens (tertiary/aromatic N) is 2. The van der Waals surface area contributed by atoms with Crippen LogP contribution in [0.1, 0.15) is 90.3 Å². The molecule has 1 N–H and O–H groups in total. The minimum atomic E-state index is -0.237. The lowest BCUT2D eigenvalue weighted by Crippen LogP contribution is -2.57. The quantitative estimate of drug-likeness (QED) is 0.524. The zero-order chi connectivity index (χ0) is 23.5. The van der Waals surface area contributed by atoms with Crippen LogP contribution in [0.5, 0.6) is 0 Å². The molecule has 1 aromatic heterocycles. The normalized spacial score (nSPS) is 41.6. The van der Waals surface area contributed by atoms with Crippen molar-refractivity contribution in [2.24, 2.45) is 40.4 Å². The molecule has 0 amide bonds. The fourth-order valence-corrected chi connectivity index (χ4v) is 9.51. The van der Waals surface area contributed by atoms with Crippen LogP contribution in [0.2, 0.25) is 0 Å². The summed E-state index contributed by atoms with van der Waals surface area (Å²) in [5, 5.41) is 12.2. The average Bonchev–Trinajstić information content (AvgIpc) is 3.16. The number of aliphatic hydroxyl groups is 1. The monoisotopic (exact) mass is 464 g/mol. The largest absolute Gasteiger partial charge is 0.393 e. The van der Waals surface area contributed by atoms with E-state index in [9.17, 15) is 9.50 Å². The highest BCUT2D eigenvalue weighted by Crippen LogP contribution is 2.67. The number of hydrogen-bond donors (Lipinski definition) is 1. The Morgan fingerprint density at radius 3 is 2.76 bits per heavy atom. The van der Waals surface area contributed by atoms with Crippen LogP contribution in [0.4, 0.5) is 4.39 Å². The fourth-order valence-electron chi connectivity index (χ4n) is 9.51. The van der Waals surface area contributed by atoms with E-state index in [0.29, 0.717) is 22.7 Å². The van der Waals surface area contributed by atoms with Crippen molar-refractivity contribution in [1.29, 1.82) is 0 Å². The SMILES string of the molecule is CC12CCC3C(C(O)CC4CCCCC43C)C1CCC2CCCc1ncc2cc(F)ccc2n1. The molecule has 6 rings (SSSR count). The number of benzene rings is 1. The first-order chi connectivity index (χ1) is 16.4. The van der Waals surface area contributed by atoms with Crippen molar-refractivity contribution in [1.82, 2.24) is 9.97 Å². The summed E-state index contributed by atoms with van der Waals surface area (Å²) in [6, 6.07) is 4.74. The molecule has 1 heterocycles. The molecular formula is C30H41FN2O. The van der Waals surface area contributed by atoms with E-state index >= 15 is 0 Å². The van der Waals surface area contributed by atoms with Gasteiger partial charge < -0.3 is 5.11 Å². The molecule has 3 nitrogen and oxygen atoms in total. The minimum Gasteiger partial charge on any atom is -0.393 e. The van der Waals surface area contributed by atoms with Gasteiger partial charge in [0.15, 0.2) is 0 Å². The Hall–Kier alpha value is -1.55. The molecule has 4 fully saturated rings. The van der Waals surface area contributed by atoms with E-state index in [1.807, 2.05) is 0 Å². The molecule has 1 aromatic carbocycles. The van der Waals surface area contributed by atoms with Crippen molar-refractivity contribution in [3.8, 4) is 0 Å². The molecule has 4 saturated carbocycles. The number of aryl methyl sites for hydroxylation is 1. The number of aliphatic hydroxyl groups excluding tert-OH is 1. The second-order valence-corrected chi connectivity index (χ2v) is 12.7. The van der Waals surface area contributed by atoms with Crippen molar-refractivity contribution in [2.75, 3.05) is 0 Å². The number of halogens is 1. The molecular weight excluding hydrogens is 423 g/mol. The van der Waals surface area contributed by atoms with E-state index in [1.165, 1.54) is 69.9 Å². The summed E-state index contributed by atoms with van der Waals surface area (Å²) in [6.07, 6.45) is 16.7. The third-order valence-electron chi connectivity index (χ3n) is 11.3. The van der Waals surface area contributed by atoms with E-state index < -0.39 is 0 Å². The summed E-state index contributed by atoms with van der Waals surface area (Å²) in [6.45, 7) is 5.15. The number of rotatable bonds is 4. The van der Waals surface area contributed by atoms with Gasteiger partial charge in [0.05, 0.1) is 11.6 Å². The number of hydrogen-bond acceptors (Lipinski definition) is 3. The Kier molecular flexibility index (Phi) is 5.75. The van der Waals surface area contributed by atoms with Crippen LogP contribution in [0.3, 0.4) is 0 Å². The predicted octanol–water partition coefficient (Wildman–Crippen LogP) is 7.11. The van der Waals surface area contributed by atoms with Crippen LogP contribution >= 0.6 is 0 Å². The summed E-state index contributed by atoms with van der Waals surface area (Å²) in [4.78, 5) is 9.19. The first kappa shape index (κ1) is 22.9.